The first-order chi connectivity index (χ1) is 12.0. The van der Waals surface area contributed by atoms with Gasteiger partial charge in [0.1, 0.15) is 0 Å². The summed E-state index contributed by atoms with van der Waals surface area (Å²) in [6.45, 7) is 6.76. The van der Waals surface area contributed by atoms with E-state index in [1.54, 1.807) is 24.3 Å². The molecule has 25 heavy (non-hydrogen) atoms. The summed E-state index contributed by atoms with van der Waals surface area (Å²) in [6, 6.07) is 15.2. The Balaban J connectivity index is 1.89. The van der Waals surface area contributed by atoms with Crippen LogP contribution in [-0.4, -0.2) is 24.1 Å². The maximum Gasteiger partial charge on any atom is 0.251 e. The molecule has 0 aliphatic heterocycles. The lowest BCUT2D eigenvalue weighted by Crippen LogP contribution is -2.23. The quantitative estimate of drug-likeness (QED) is 0.728. The summed E-state index contributed by atoms with van der Waals surface area (Å²) in [5.41, 5.74) is 2.46. The summed E-state index contributed by atoms with van der Waals surface area (Å²) < 4.78 is 0. The van der Waals surface area contributed by atoms with Gasteiger partial charge in [-0.05, 0) is 48.7 Å². The van der Waals surface area contributed by atoms with Gasteiger partial charge in [0.05, 0.1) is 5.75 Å². The number of nitrogens with one attached hydrogen (secondary N) is 2. The van der Waals surface area contributed by atoms with Crippen molar-refractivity contribution in [2.75, 3.05) is 17.6 Å². The van der Waals surface area contributed by atoms with Crippen molar-refractivity contribution in [2.24, 2.45) is 0 Å². The van der Waals surface area contributed by atoms with Crippen LogP contribution in [0, 0.1) is 0 Å². The van der Waals surface area contributed by atoms with E-state index in [0.29, 0.717) is 29.5 Å². The van der Waals surface area contributed by atoms with Crippen LogP contribution in [0.15, 0.2) is 53.4 Å². The van der Waals surface area contributed by atoms with Crippen molar-refractivity contribution >= 4 is 29.3 Å². The Labute approximate surface area is 153 Å². The molecule has 0 aliphatic rings. The van der Waals surface area contributed by atoms with Gasteiger partial charge >= 0.3 is 0 Å². The zero-order valence-corrected chi connectivity index (χ0v) is 15.7. The molecule has 0 saturated heterocycles. The summed E-state index contributed by atoms with van der Waals surface area (Å²) in [7, 11) is 0. The van der Waals surface area contributed by atoms with Gasteiger partial charge in [-0.3, -0.25) is 9.59 Å². The number of rotatable bonds is 7. The van der Waals surface area contributed by atoms with Gasteiger partial charge in [0, 0.05) is 22.7 Å². The van der Waals surface area contributed by atoms with Gasteiger partial charge in [-0.1, -0.05) is 32.0 Å². The fourth-order valence-electron chi connectivity index (χ4n) is 2.30. The molecule has 0 saturated carbocycles. The van der Waals surface area contributed by atoms with Crippen LogP contribution in [0.25, 0.3) is 0 Å². The Hall–Kier alpha value is -2.27. The molecular weight excluding hydrogens is 332 g/mol. The van der Waals surface area contributed by atoms with E-state index in [4.69, 9.17) is 0 Å². The van der Waals surface area contributed by atoms with E-state index < -0.39 is 0 Å². The second kappa shape index (κ2) is 9.28. The van der Waals surface area contributed by atoms with E-state index in [0.717, 1.165) is 4.90 Å². The summed E-state index contributed by atoms with van der Waals surface area (Å²) in [5, 5.41) is 5.59. The minimum absolute atomic E-state index is 0.0917. The molecule has 2 amide bonds. The Morgan fingerprint density at radius 2 is 1.80 bits per heavy atom. The highest BCUT2D eigenvalue weighted by Gasteiger charge is 2.08. The highest BCUT2D eigenvalue weighted by Crippen LogP contribution is 2.22. The van der Waals surface area contributed by atoms with Crippen molar-refractivity contribution in [1.82, 2.24) is 5.32 Å². The lowest BCUT2D eigenvalue weighted by Gasteiger charge is -2.08. The van der Waals surface area contributed by atoms with E-state index in [9.17, 15) is 9.59 Å². The number of hydrogen-bond donors (Lipinski definition) is 2. The number of anilines is 1. The molecule has 132 valence electrons. The molecule has 2 aromatic rings. The maximum absolute atomic E-state index is 12.1. The average molecular weight is 356 g/mol. The minimum atomic E-state index is -0.141. The average Bonchev–Trinajstić information content (AvgIpc) is 2.61. The predicted molar refractivity (Wildman–Crippen MR) is 104 cm³/mol. The van der Waals surface area contributed by atoms with Gasteiger partial charge in [0.15, 0.2) is 0 Å². The van der Waals surface area contributed by atoms with Gasteiger partial charge in [0.25, 0.3) is 5.91 Å². The van der Waals surface area contributed by atoms with Crippen molar-refractivity contribution in [2.45, 2.75) is 31.6 Å². The second-order valence-electron chi connectivity index (χ2n) is 6.00. The van der Waals surface area contributed by atoms with E-state index in [2.05, 4.69) is 36.6 Å². The van der Waals surface area contributed by atoms with Gasteiger partial charge in [-0.15, -0.1) is 11.8 Å². The number of benzene rings is 2. The summed E-state index contributed by atoms with van der Waals surface area (Å²) in [6.07, 6.45) is 0. The van der Waals surface area contributed by atoms with Crippen LogP contribution in [0.1, 0.15) is 42.6 Å². The molecule has 0 spiro atoms. The van der Waals surface area contributed by atoms with E-state index in [1.165, 1.54) is 17.3 Å². The Morgan fingerprint density at radius 3 is 2.44 bits per heavy atom. The van der Waals surface area contributed by atoms with Crippen molar-refractivity contribution in [3.8, 4) is 0 Å². The first-order valence-electron chi connectivity index (χ1n) is 8.40. The normalized spacial score (nSPS) is 10.6. The molecule has 0 aromatic heterocycles. The molecule has 0 fully saturated rings. The largest absolute Gasteiger partial charge is 0.352 e. The highest BCUT2D eigenvalue weighted by molar-refractivity contribution is 8.00. The number of hydrogen-bond acceptors (Lipinski definition) is 3. The van der Waals surface area contributed by atoms with Crippen molar-refractivity contribution in [3.63, 3.8) is 0 Å². The third-order valence-corrected chi connectivity index (χ3v) is 4.67. The van der Waals surface area contributed by atoms with Crippen molar-refractivity contribution in [3.05, 3.63) is 59.7 Å². The lowest BCUT2D eigenvalue weighted by molar-refractivity contribution is -0.113. The number of amides is 2. The molecule has 2 N–H and O–H groups in total. The number of thioether (sulfide) groups is 1. The molecule has 4 nitrogen and oxygen atoms in total. The van der Waals surface area contributed by atoms with Crippen LogP contribution in [0.5, 0.6) is 0 Å². The fraction of sp³-hybridized carbons (Fsp3) is 0.300. The third kappa shape index (κ3) is 5.94. The molecule has 0 unspecified atom stereocenters. The first-order valence-corrected chi connectivity index (χ1v) is 9.39. The SMILES string of the molecule is CCNC(=O)c1cccc(NC(=O)CSc2ccc(C(C)C)cc2)c1. The molecule has 0 heterocycles. The van der Waals surface area contributed by atoms with Crippen LogP contribution >= 0.6 is 11.8 Å². The van der Waals surface area contributed by atoms with E-state index in [1.807, 2.05) is 19.1 Å². The monoisotopic (exact) mass is 356 g/mol. The zero-order chi connectivity index (χ0) is 18.2. The van der Waals surface area contributed by atoms with Crippen LogP contribution in [0.2, 0.25) is 0 Å². The summed E-state index contributed by atoms with van der Waals surface area (Å²) in [5.74, 6) is 0.593. The standard InChI is InChI=1S/C20H24N2O2S/c1-4-21-20(24)16-6-5-7-17(12-16)22-19(23)13-25-18-10-8-15(9-11-18)14(2)3/h5-12,14H,4,13H2,1-3H3,(H,21,24)(H,22,23). The molecule has 5 heteroatoms. The van der Waals surface area contributed by atoms with Crippen molar-refractivity contribution < 1.29 is 9.59 Å². The lowest BCUT2D eigenvalue weighted by atomic mass is 10.0. The summed E-state index contributed by atoms with van der Waals surface area (Å²) >= 11 is 1.50. The maximum atomic E-state index is 12.1. The van der Waals surface area contributed by atoms with Gasteiger partial charge in [-0.25, -0.2) is 0 Å². The first kappa shape index (κ1) is 19.1. The Bertz CT molecular complexity index is 727. The van der Waals surface area contributed by atoms with Gasteiger partial charge in [-0.2, -0.15) is 0 Å². The Morgan fingerprint density at radius 1 is 1.08 bits per heavy atom. The van der Waals surface area contributed by atoms with Crippen LogP contribution in [-0.2, 0) is 4.79 Å². The molecule has 0 bridgehead atoms. The van der Waals surface area contributed by atoms with Gasteiger partial charge in [0.2, 0.25) is 5.91 Å². The molecular formula is C20H24N2O2S. The summed E-state index contributed by atoms with van der Waals surface area (Å²) in [4.78, 5) is 25.0. The smallest absolute Gasteiger partial charge is 0.251 e. The van der Waals surface area contributed by atoms with E-state index in [-0.39, 0.29) is 11.8 Å². The second-order valence-corrected chi connectivity index (χ2v) is 7.05. The topological polar surface area (TPSA) is 58.2 Å². The molecule has 0 atom stereocenters. The number of carbonyl (C=O) groups is 2. The van der Waals surface area contributed by atoms with Gasteiger partial charge < -0.3 is 10.6 Å². The molecule has 0 radical (unpaired) electrons. The molecule has 2 rings (SSSR count). The third-order valence-electron chi connectivity index (χ3n) is 3.66. The number of carbonyl (C=O) groups excluding carboxylic acids is 2. The molecule has 0 aliphatic carbocycles. The minimum Gasteiger partial charge on any atom is -0.352 e. The zero-order valence-electron chi connectivity index (χ0n) is 14.8. The highest BCUT2D eigenvalue weighted by atomic mass is 32.2. The van der Waals surface area contributed by atoms with Crippen LogP contribution in [0.4, 0.5) is 5.69 Å². The van der Waals surface area contributed by atoms with Crippen LogP contribution in [0.3, 0.4) is 0 Å². The van der Waals surface area contributed by atoms with Crippen molar-refractivity contribution in [1.29, 1.82) is 0 Å². The molecule has 2 aromatic carbocycles. The predicted octanol–water partition coefficient (Wildman–Crippen LogP) is 4.29. The fourth-order valence-corrected chi connectivity index (χ4v) is 2.99. The van der Waals surface area contributed by atoms with Crippen LogP contribution < -0.4 is 10.6 Å². The van der Waals surface area contributed by atoms with E-state index >= 15 is 0 Å². The Kier molecular flexibility index (Phi) is 7.07.